The molecule has 1 saturated carbocycles. The van der Waals surface area contributed by atoms with Crippen molar-refractivity contribution in [2.75, 3.05) is 17.6 Å². The molecule has 1 aromatic rings. The van der Waals surface area contributed by atoms with Crippen LogP contribution in [0.5, 0.6) is 0 Å². The maximum atomic E-state index is 11.7. The normalized spacial score (nSPS) is 15.4. The number of rotatable bonds is 5. The fourth-order valence-corrected chi connectivity index (χ4v) is 3.56. The summed E-state index contributed by atoms with van der Waals surface area (Å²) < 4.78 is 0. The third kappa shape index (κ3) is 5.15. The van der Waals surface area contributed by atoms with Crippen LogP contribution in [0.15, 0.2) is 24.3 Å². The molecular formula is C15H22N2OS. The fraction of sp³-hybridized carbons (Fsp3) is 0.533. The number of benzene rings is 1. The zero-order chi connectivity index (χ0) is 13.5. The number of aryl methyl sites for hydroxylation is 1. The van der Waals surface area contributed by atoms with Crippen molar-refractivity contribution in [1.82, 2.24) is 5.32 Å². The van der Waals surface area contributed by atoms with Crippen molar-refractivity contribution in [2.24, 2.45) is 0 Å². The molecule has 0 spiro atoms. The van der Waals surface area contributed by atoms with Gasteiger partial charge >= 0.3 is 6.03 Å². The van der Waals surface area contributed by atoms with Crippen LogP contribution in [-0.4, -0.2) is 23.6 Å². The lowest BCUT2D eigenvalue weighted by molar-refractivity contribution is 0.252. The molecule has 0 aliphatic heterocycles. The van der Waals surface area contributed by atoms with Crippen LogP contribution in [0.2, 0.25) is 0 Å². The average Bonchev–Trinajstić information content (AvgIpc) is 2.88. The van der Waals surface area contributed by atoms with Crippen molar-refractivity contribution in [1.29, 1.82) is 0 Å². The minimum absolute atomic E-state index is 0.113. The molecule has 1 aliphatic carbocycles. The second kappa shape index (κ2) is 7.43. The highest BCUT2D eigenvalue weighted by molar-refractivity contribution is 7.99. The van der Waals surface area contributed by atoms with Gasteiger partial charge < -0.3 is 10.6 Å². The lowest BCUT2D eigenvalue weighted by atomic mass is 10.2. The van der Waals surface area contributed by atoms with Crippen LogP contribution in [0.3, 0.4) is 0 Å². The van der Waals surface area contributed by atoms with E-state index in [1.165, 1.54) is 25.7 Å². The number of hydrogen-bond acceptors (Lipinski definition) is 2. The van der Waals surface area contributed by atoms with E-state index in [-0.39, 0.29) is 6.03 Å². The van der Waals surface area contributed by atoms with E-state index >= 15 is 0 Å². The van der Waals surface area contributed by atoms with Gasteiger partial charge in [-0.1, -0.05) is 25.0 Å². The van der Waals surface area contributed by atoms with E-state index in [1.807, 2.05) is 43.0 Å². The van der Waals surface area contributed by atoms with Gasteiger partial charge in [0, 0.05) is 23.2 Å². The summed E-state index contributed by atoms with van der Waals surface area (Å²) in [6.45, 7) is 2.75. The van der Waals surface area contributed by atoms with E-state index in [4.69, 9.17) is 0 Å². The van der Waals surface area contributed by atoms with Crippen LogP contribution in [0, 0.1) is 6.92 Å². The molecule has 0 heterocycles. The maximum Gasteiger partial charge on any atom is 0.319 e. The van der Waals surface area contributed by atoms with Crippen LogP contribution < -0.4 is 10.6 Å². The predicted molar refractivity (Wildman–Crippen MR) is 82.9 cm³/mol. The van der Waals surface area contributed by atoms with E-state index in [1.54, 1.807) is 0 Å². The molecule has 1 aromatic carbocycles. The van der Waals surface area contributed by atoms with Gasteiger partial charge in [0.2, 0.25) is 0 Å². The summed E-state index contributed by atoms with van der Waals surface area (Å²) in [4.78, 5) is 11.7. The van der Waals surface area contributed by atoms with Crippen LogP contribution in [0.4, 0.5) is 10.5 Å². The summed E-state index contributed by atoms with van der Waals surface area (Å²) in [5.41, 5.74) is 2.00. The van der Waals surface area contributed by atoms with E-state index in [2.05, 4.69) is 10.6 Å². The Kier molecular flexibility index (Phi) is 5.58. The zero-order valence-electron chi connectivity index (χ0n) is 11.4. The Morgan fingerprint density at radius 1 is 1.37 bits per heavy atom. The molecule has 2 amide bonds. The number of carbonyl (C=O) groups is 1. The van der Waals surface area contributed by atoms with E-state index in [9.17, 15) is 4.79 Å². The molecule has 19 heavy (non-hydrogen) atoms. The van der Waals surface area contributed by atoms with E-state index < -0.39 is 0 Å². The Bertz CT molecular complexity index is 416. The molecule has 0 bridgehead atoms. The van der Waals surface area contributed by atoms with Gasteiger partial charge in [0.15, 0.2) is 0 Å². The standard InChI is InChI=1S/C15H22N2OS/c1-12-5-4-6-13(11-12)17-15(18)16-9-10-19-14-7-2-3-8-14/h4-6,11,14H,2-3,7-10H2,1H3,(H2,16,17,18). The monoisotopic (exact) mass is 278 g/mol. The first-order valence-electron chi connectivity index (χ1n) is 6.97. The first-order valence-corrected chi connectivity index (χ1v) is 8.02. The molecule has 0 unspecified atom stereocenters. The molecule has 4 heteroatoms. The molecule has 104 valence electrons. The first-order chi connectivity index (χ1) is 9.24. The number of hydrogen-bond donors (Lipinski definition) is 2. The van der Waals surface area contributed by atoms with Gasteiger partial charge in [0.05, 0.1) is 0 Å². The maximum absolute atomic E-state index is 11.7. The van der Waals surface area contributed by atoms with Gasteiger partial charge in [0.1, 0.15) is 0 Å². The largest absolute Gasteiger partial charge is 0.337 e. The van der Waals surface area contributed by atoms with Gasteiger partial charge in [0.25, 0.3) is 0 Å². The second-order valence-corrected chi connectivity index (χ2v) is 6.44. The van der Waals surface area contributed by atoms with Crippen molar-refractivity contribution >= 4 is 23.5 Å². The highest BCUT2D eigenvalue weighted by atomic mass is 32.2. The van der Waals surface area contributed by atoms with Crippen LogP contribution in [0.25, 0.3) is 0 Å². The number of carbonyl (C=O) groups excluding carboxylic acids is 1. The third-order valence-electron chi connectivity index (χ3n) is 3.32. The number of thioether (sulfide) groups is 1. The molecule has 0 aromatic heterocycles. The number of nitrogens with one attached hydrogen (secondary N) is 2. The molecular weight excluding hydrogens is 256 g/mol. The third-order valence-corrected chi connectivity index (χ3v) is 4.70. The topological polar surface area (TPSA) is 41.1 Å². The number of urea groups is 1. The fourth-order valence-electron chi connectivity index (χ4n) is 2.34. The quantitative estimate of drug-likeness (QED) is 0.805. The Labute approximate surface area is 119 Å². The minimum atomic E-state index is -0.113. The van der Waals surface area contributed by atoms with Crippen LogP contribution >= 0.6 is 11.8 Å². The Morgan fingerprint density at radius 2 is 2.16 bits per heavy atom. The second-order valence-electron chi connectivity index (χ2n) is 5.03. The Hall–Kier alpha value is -1.16. The SMILES string of the molecule is Cc1cccc(NC(=O)NCCSC2CCCC2)c1. The van der Waals surface area contributed by atoms with Crippen molar-refractivity contribution in [3.05, 3.63) is 29.8 Å². The summed E-state index contributed by atoms with van der Waals surface area (Å²) in [5.74, 6) is 1.01. The van der Waals surface area contributed by atoms with Gasteiger partial charge in [-0.3, -0.25) is 0 Å². The molecule has 3 nitrogen and oxygen atoms in total. The summed E-state index contributed by atoms with van der Waals surface area (Å²) >= 11 is 1.99. The molecule has 2 N–H and O–H groups in total. The van der Waals surface area contributed by atoms with Crippen LogP contribution in [0.1, 0.15) is 31.2 Å². The molecule has 0 atom stereocenters. The molecule has 1 fully saturated rings. The lowest BCUT2D eigenvalue weighted by Crippen LogP contribution is -2.30. The Balaban J connectivity index is 1.61. The molecule has 0 saturated heterocycles. The van der Waals surface area contributed by atoms with Crippen LogP contribution in [-0.2, 0) is 0 Å². The first kappa shape index (κ1) is 14.3. The number of amides is 2. The highest BCUT2D eigenvalue weighted by Gasteiger charge is 2.14. The molecule has 1 aliphatic rings. The molecule has 2 rings (SSSR count). The van der Waals surface area contributed by atoms with Gasteiger partial charge in [-0.05, 0) is 37.5 Å². The van der Waals surface area contributed by atoms with Crippen molar-refractivity contribution < 1.29 is 4.79 Å². The molecule has 0 radical (unpaired) electrons. The Morgan fingerprint density at radius 3 is 2.89 bits per heavy atom. The summed E-state index contributed by atoms with van der Waals surface area (Å²) in [7, 11) is 0. The summed E-state index contributed by atoms with van der Waals surface area (Å²) in [6.07, 6.45) is 5.44. The predicted octanol–water partition coefficient (Wildman–Crippen LogP) is 3.79. The smallest absolute Gasteiger partial charge is 0.319 e. The average molecular weight is 278 g/mol. The van der Waals surface area contributed by atoms with Crippen molar-refractivity contribution in [2.45, 2.75) is 37.9 Å². The van der Waals surface area contributed by atoms with Gasteiger partial charge in [-0.25, -0.2) is 4.79 Å². The van der Waals surface area contributed by atoms with Gasteiger partial charge in [-0.2, -0.15) is 11.8 Å². The van der Waals surface area contributed by atoms with E-state index in [0.29, 0.717) is 0 Å². The minimum Gasteiger partial charge on any atom is -0.337 e. The van der Waals surface area contributed by atoms with Gasteiger partial charge in [-0.15, -0.1) is 0 Å². The summed E-state index contributed by atoms with van der Waals surface area (Å²) in [5, 5.41) is 6.58. The van der Waals surface area contributed by atoms with Crippen molar-refractivity contribution in [3.63, 3.8) is 0 Å². The highest BCUT2D eigenvalue weighted by Crippen LogP contribution is 2.28. The lowest BCUT2D eigenvalue weighted by Gasteiger charge is -2.10. The number of anilines is 1. The zero-order valence-corrected chi connectivity index (χ0v) is 12.3. The van der Waals surface area contributed by atoms with E-state index in [0.717, 1.165) is 28.8 Å². The summed E-state index contributed by atoms with van der Waals surface area (Å²) in [6, 6.07) is 7.71. The van der Waals surface area contributed by atoms with Crippen molar-refractivity contribution in [3.8, 4) is 0 Å².